The van der Waals surface area contributed by atoms with Gasteiger partial charge in [0.2, 0.25) is 0 Å². The van der Waals surface area contributed by atoms with Crippen LogP contribution in [0.2, 0.25) is 0 Å². The Kier molecular flexibility index (Phi) is 10.1. The Balaban J connectivity index is 1.55. The zero-order chi connectivity index (χ0) is 33.1. The van der Waals surface area contributed by atoms with Gasteiger partial charge in [-0.05, 0) is 79.3 Å². The van der Waals surface area contributed by atoms with Gasteiger partial charge in [0.1, 0.15) is 17.1 Å². The van der Waals surface area contributed by atoms with Crippen LogP contribution in [0.15, 0.2) is 66.7 Å². The molecule has 1 saturated heterocycles. The van der Waals surface area contributed by atoms with Crippen LogP contribution in [-0.2, 0) is 30.2 Å². The molecular weight excluding hydrogens is 606 g/mol. The first-order chi connectivity index (χ1) is 21.8. The molecule has 5 rings (SSSR count). The summed E-state index contributed by atoms with van der Waals surface area (Å²) in [5, 5.41) is 14.9. The van der Waals surface area contributed by atoms with E-state index in [-0.39, 0.29) is 31.0 Å². The first-order valence-corrected chi connectivity index (χ1v) is 17.4. The quantitative estimate of drug-likeness (QED) is 0.111. The third kappa shape index (κ3) is 8.10. The van der Waals surface area contributed by atoms with Crippen molar-refractivity contribution >= 4 is 37.8 Å². The van der Waals surface area contributed by atoms with Gasteiger partial charge in [-0.25, -0.2) is 4.79 Å². The lowest BCUT2D eigenvalue weighted by atomic mass is 9.80. The number of piperidine rings is 1. The van der Waals surface area contributed by atoms with Gasteiger partial charge in [0.25, 0.3) is 10.1 Å². The molecule has 0 aliphatic carbocycles. The van der Waals surface area contributed by atoms with Gasteiger partial charge in [0.05, 0.1) is 12.9 Å². The Bertz CT molecular complexity index is 1810. The van der Waals surface area contributed by atoms with Gasteiger partial charge in [-0.3, -0.25) is 4.18 Å². The molecule has 0 aromatic heterocycles. The summed E-state index contributed by atoms with van der Waals surface area (Å²) in [6.07, 6.45) is 1.64. The fourth-order valence-electron chi connectivity index (χ4n) is 6.10. The summed E-state index contributed by atoms with van der Waals surface area (Å²) in [5.74, 6) is 0.550. The fourth-order valence-corrected chi connectivity index (χ4v) is 6.52. The van der Waals surface area contributed by atoms with Gasteiger partial charge in [-0.2, -0.15) is 8.42 Å². The van der Waals surface area contributed by atoms with E-state index in [9.17, 15) is 18.3 Å². The van der Waals surface area contributed by atoms with E-state index in [1.165, 1.54) is 0 Å². The molecular formula is C36H43NO8S. The molecule has 1 N–H and O–H groups in total. The SMILES string of the molecule is CCOCOc1ccc2cc(C3CN(C(=O)OC(C)(C)C)CCC3COS(C)(=O)=O)ccc2c1Cc1c(O)ccc2ccccc12. The molecule has 1 amide bonds. The molecule has 46 heavy (non-hydrogen) atoms. The molecule has 4 aromatic rings. The molecule has 2 unspecified atom stereocenters. The molecule has 0 spiro atoms. The number of hydrogen-bond acceptors (Lipinski definition) is 8. The highest BCUT2D eigenvalue weighted by Crippen LogP contribution is 2.39. The normalized spacial score (nSPS) is 17.4. The van der Waals surface area contributed by atoms with Gasteiger partial charge in [-0.1, -0.05) is 54.6 Å². The summed E-state index contributed by atoms with van der Waals surface area (Å²) in [7, 11) is -3.64. The highest BCUT2D eigenvalue weighted by Gasteiger charge is 2.35. The van der Waals surface area contributed by atoms with Crippen LogP contribution in [-0.4, -0.2) is 69.5 Å². The number of phenols is 1. The molecule has 0 radical (unpaired) electrons. The Morgan fingerprint density at radius 3 is 2.46 bits per heavy atom. The highest BCUT2D eigenvalue weighted by atomic mass is 32.2. The summed E-state index contributed by atoms with van der Waals surface area (Å²) in [6, 6.07) is 21.7. The maximum absolute atomic E-state index is 13.0. The first kappa shape index (κ1) is 33.5. The van der Waals surface area contributed by atoms with Gasteiger partial charge < -0.3 is 24.2 Å². The lowest BCUT2D eigenvalue weighted by molar-refractivity contribution is 0.0131. The van der Waals surface area contributed by atoms with Crippen LogP contribution in [0.1, 0.15) is 56.7 Å². The van der Waals surface area contributed by atoms with E-state index < -0.39 is 21.8 Å². The predicted octanol–water partition coefficient (Wildman–Crippen LogP) is 6.98. The van der Waals surface area contributed by atoms with E-state index in [2.05, 4.69) is 6.07 Å². The third-order valence-corrected chi connectivity index (χ3v) is 8.88. The van der Waals surface area contributed by atoms with Crippen molar-refractivity contribution < 1.29 is 36.7 Å². The number of likely N-dealkylation sites (tertiary alicyclic amines) is 1. The first-order valence-electron chi connectivity index (χ1n) is 15.6. The summed E-state index contributed by atoms with van der Waals surface area (Å²) >= 11 is 0. The van der Waals surface area contributed by atoms with Crippen LogP contribution in [0.4, 0.5) is 4.79 Å². The number of carbonyl (C=O) groups is 1. The predicted molar refractivity (Wildman–Crippen MR) is 179 cm³/mol. The largest absolute Gasteiger partial charge is 0.508 e. The standard InChI is InChI=1S/C36H43NO8S/c1-6-42-23-43-34-16-13-25-19-26(11-14-29(25)31(34)20-30-28-10-8-7-9-24(28)12-15-33(30)38)32-21-37(35(39)45-36(2,3)4)18-17-27(32)22-44-46(5,40)41/h7-16,19,27,32,38H,6,17-18,20-23H2,1-5H3. The molecule has 10 heteroatoms. The maximum Gasteiger partial charge on any atom is 0.410 e. The topological polar surface area (TPSA) is 112 Å². The number of phenolic OH excluding ortho intramolecular Hbond substituents is 1. The van der Waals surface area contributed by atoms with Crippen molar-refractivity contribution in [2.75, 3.05) is 39.4 Å². The van der Waals surface area contributed by atoms with Crippen molar-refractivity contribution in [3.63, 3.8) is 0 Å². The van der Waals surface area contributed by atoms with Crippen LogP contribution >= 0.6 is 0 Å². The number of amides is 1. The number of hydrogen-bond donors (Lipinski definition) is 1. The molecule has 2 atom stereocenters. The Morgan fingerprint density at radius 1 is 0.978 bits per heavy atom. The van der Waals surface area contributed by atoms with Gasteiger partial charge >= 0.3 is 6.09 Å². The van der Waals surface area contributed by atoms with E-state index in [0.29, 0.717) is 38.3 Å². The second-order valence-corrected chi connectivity index (χ2v) is 14.5. The zero-order valence-electron chi connectivity index (χ0n) is 27.1. The van der Waals surface area contributed by atoms with Crippen LogP contribution in [0.25, 0.3) is 21.5 Å². The summed E-state index contributed by atoms with van der Waals surface area (Å²) < 4.78 is 46.3. The monoisotopic (exact) mass is 649 g/mol. The smallest absolute Gasteiger partial charge is 0.410 e. The second-order valence-electron chi connectivity index (χ2n) is 12.8. The van der Waals surface area contributed by atoms with E-state index in [1.54, 1.807) is 11.0 Å². The minimum atomic E-state index is -3.64. The Hall–Kier alpha value is -3.86. The summed E-state index contributed by atoms with van der Waals surface area (Å²) in [4.78, 5) is 14.7. The Morgan fingerprint density at radius 2 is 1.72 bits per heavy atom. The number of carbonyl (C=O) groups excluding carboxylic acids is 1. The molecule has 1 fully saturated rings. The van der Waals surface area contributed by atoms with E-state index in [1.807, 2.05) is 82.3 Å². The van der Waals surface area contributed by atoms with Crippen molar-refractivity contribution in [1.82, 2.24) is 4.90 Å². The fraction of sp³-hybridized carbons (Fsp3) is 0.417. The Labute approximate surface area is 271 Å². The van der Waals surface area contributed by atoms with E-state index in [4.69, 9.17) is 18.4 Å². The molecule has 4 aromatic carbocycles. The summed E-state index contributed by atoms with van der Waals surface area (Å²) in [5.41, 5.74) is 2.04. The second kappa shape index (κ2) is 13.9. The zero-order valence-corrected chi connectivity index (χ0v) is 27.9. The number of aromatic hydroxyl groups is 1. The van der Waals surface area contributed by atoms with Crippen molar-refractivity contribution in [2.45, 2.75) is 52.1 Å². The number of benzene rings is 4. The van der Waals surface area contributed by atoms with Gasteiger partial charge in [0.15, 0.2) is 6.79 Å². The molecule has 0 saturated carbocycles. The van der Waals surface area contributed by atoms with Crippen LogP contribution in [0.3, 0.4) is 0 Å². The van der Waals surface area contributed by atoms with Crippen LogP contribution in [0, 0.1) is 5.92 Å². The van der Waals surface area contributed by atoms with Crippen molar-refractivity contribution in [3.8, 4) is 11.5 Å². The van der Waals surface area contributed by atoms with Gasteiger partial charge in [0, 0.05) is 43.2 Å². The van der Waals surface area contributed by atoms with Crippen LogP contribution in [0.5, 0.6) is 11.5 Å². The molecule has 1 aliphatic rings. The lowest BCUT2D eigenvalue weighted by Crippen LogP contribution is -2.46. The molecule has 246 valence electrons. The molecule has 1 heterocycles. The molecule has 9 nitrogen and oxygen atoms in total. The van der Waals surface area contributed by atoms with Crippen molar-refractivity contribution in [3.05, 3.63) is 83.4 Å². The number of fused-ring (bicyclic) bond motifs is 2. The molecule has 1 aliphatic heterocycles. The maximum atomic E-state index is 13.0. The van der Waals surface area contributed by atoms with Crippen LogP contribution < -0.4 is 4.74 Å². The average Bonchev–Trinajstić information content (AvgIpc) is 3.00. The molecule has 0 bridgehead atoms. The van der Waals surface area contributed by atoms with Gasteiger partial charge in [-0.15, -0.1) is 0 Å². The summed E-state index contributed by atoms with van der Waals surface area (Å²) in [6.45, 7) is 8.85. The number of ether oxygens (including phenoxy) is 3. The minimum Gasteiger partial charge on any atom is -0.508 e. The highest BCUT2D eigenvalue weighted by molar-refractivity contribution is 7.85. The number of nitrogens with zero attached hydrogens (tertiary/aromatic N) is 1. The third-order valence-electron chi connectivity index (χ3n) is 8.32. The van der Waals surface area contributed by atoms with E-state index >= 15 is 0 Å². The minimum absolute atomic E-state index is 0.0273. The average molecular weight is 650 g/mol. The van der Waals surface area contributed by atoms with Crippen molar-refractivity contribution in [1.29, 1.82) is 0 Å². The number of rotatable bonds is 10. The van der Waals surface area contributed by atoms with E-state index in [0.717, 1.165) is 44.5 Å². The van der Waals surface area contributed by atoms with Crippen molar-refractivity contribution in [2.24, 2.45) is 5.92 Å². The lowest BCUT2D eigenvalue weighted by Gasteiger charge is -2.39.